The van der Waals surface area contributed by atoms with Gasteiger partial charge < -0.3 is 14.9 Å². The van der Waals surface area contributed by atoms with Crippen molar-refractivity contribution in [2.75, 3.05) is 6.61 Å². The summed E-state index contributed by atoms with van der Waals surface area (Å²) >= 11 is 8.90. The van der Waals surface area contributed by atoms with Gasteiger partial charge in [0.1, 0.15) is 0 Å². The maximum absolute atomic E-state index is 11.9. The molecule has 2 N–H and O–H groups in total. The van der Waals surface area contributed by atoms with Crippen molar-refractivity contribution in [3.05, 3.63) is 84.4 Å². The van der Waals surface area contributed by atoms with Gasteiger partial charge in [0.2, 0.25) is 5.16 Å². The van der Waals surface area contributed by atoms with Crippen LogP contribution in [0.5, 0.6) is 0 Å². The molecule has 0 aliphatic heterocycles. The van der Waals surface area contributed by atoms with Crippen LogP contribution in [0.25, 0.3) is 16.8 Å². The molecule has 4 rings (SSSR count). The van der Waals surface area contributed by atoms with Crippen LogP contribution in [0, 0.1) is 0 Å². The highest BCUT2D eigenvalue weighted by molar-refractivity contribution is 8.00. The van der Waals surface area contributed by atoms with Crippen LogP contribution in [-0.4, -0.2) is 64.8 Å². The van der Waals surface area contributed by atoms with Gasteiger partial charge >= 0.3 is 0 Å². The fourth-order valence-corrected chi connectivity index (χ4v) is 8.80. The zero-order valence-electron chi connectivity index (χ0n) is 30.5. The predicted octanol–water partition coefficient (Wildman–Crippen LogP) is 10.5. The Labute approximate surface area is 319 Å². The van der Waals surface area contributed by atoms with E-state index in [-0.39, 0.29) is 10.5 Å². The van der Waals surface area contributed by atoms with E-state index in [9.17, 15) is 10.2 Å². The van der Waals surface area contributed by atoms with Crippen molar-refractivity contribution in [1.29, 1.82) is 0 Å². The fourth-order valence-electron chi connectivity index (χ4n) is 6.11. The monoisotopic (exact) mass is 748 g/mol. The molecule has 3 aromatic carbocycles. The Kier molecular flexibility index (Phi) is 18.5. The highest BCUT2D eigenvalue weighted by Crippen LogP contribution is 2.39. The Morgan fingerprint density at radius 2 is 1.37 bits per heavy atom. The first kappa shape index (κ1) is 41.0. The number of unbranched alkanes of at least 4 members (excludes halogenated alkanes) is 9. The molecule has 1 heterocycles. The summed E-state index contributed by atoms with van der Waals surface area (Å²) in [5.41, 5.74) is 3.81. The standard InChI is InChI=1S/C41H56N4O3S3/c1-4-6-8-9-10-11-12-16-28-38(51-41-42-43-44-45(41)32-22-14-13-15-23-32)36(47)30-39(31(3)46)50-37-27-20-19-25-34(37)33-24-17-18-26-35(33)40(49)48-29-21-7-5-2/h13-15,17-20,22-27,31,36,38-39,46-47H,4-12,16,21,28-30H2,1-3H3. The summed E-state index contributed by atoms with van der Waals surface area (Å²) in [5, 5.41) is 36.4. The Morgan fingerprint density at radius 1 is 0.745 bits per heavy atom. The summed E-state index contributed by atoms with van der Waals surface area (Å²) in [6.07, 6.45) is 12.9. The summed E-state index contributed by atoms with van der Waals surface area (Å²) in [6.45, 7) is 6.85. The molecule has 0 spiro atoms. The first-order chi connectivity index (χ1) is 24.9. The third kappa shape index (κ3) is 13.3. The summed E-state index contributed by atoms with van der Waals surface area (Å²) in [7, 11) is 0. The zero-order valence-corrected chi connectivity index (χ0v) is 33.0. The van der Waals surface area contributed by atoms with Gasteiger partial charge in [0.25, 0.3) is 0 Å². The molecule has 0 aliphatic carbocycles. The van der Waals surface area contributed by atoms with Crippen LogP contribution < -0.4 is 0 Å². The Morgan fingerprint density at radius 3 is 2.10 bits per heavy atom. The second-order valence-electron chi connectivity index (χ2n) is 13.2. The lowest BCUT2D eigenvalue weighted by atomic mass is 10.00. The minimum atomic E-state index is -0.684. The number of para-hydroxylation sites is 1. The van der Waals surface area contributed by atoms with Gasteiger partial charge in [-0.05, 0) is 84.2 Å². The number of benzene rings is 3. The lowest BCUT2D eigenvalue weighted by molar-refractivity contribution is 0.123. The van der Waals surface area contributed by atoms with E-state index in [1.54, 1.807) is 16.4 Å². The molecule has 0 aliphatic rings. The number of aromatic nitrogens is 4. The van der Waals surface area contributed by atoms with E-state index in [4.69, 9.17) is 17.0 Å². The number of hydrogen-bond acceptors (Lipinski definition) is 9. The van der Waals surface area contributed by atoms with E-state index in [1.807, 2.05) is 67.6 Å². The maximum atomic E-state index is 11.9. The molecule has 0 bridgehead atoms. The minimum Gasteiger partial charge on any atom is -0.483 e. The van der Waals surface area contributed by atoms with Crippen molar-refractivity contribution >= 4 is 40.8 Å². The van der Waals surface area contributed by atoms with E-state index in [1.165, 1.54) is 50.3 Å². The second-order valence-corrected chi connectivity index (χ2v) is 16.1. The van der Waals surface area contributed by atoms with Crippen molar-refractivity contribution in [3.63, 3.8) is 0 Å². The van der Waals surface area contributed by atoms with Crippen LogP contribution in [0.3, 0.4) is 0 Å². The molecular weight excluding hydrogens is 693 g/mol. The molecule has 0 saturated carbocycles. The quantitative estimate of drug-likeness (QED) is 0.0413. The number of aliphatic hydroxyl groups excluding tert-OH is 2. The molecule has 0 amide bonds. The third-order valence-corrected chi connectivity index (χ3v) is 12.2. The van der Waals surface area contributed by atoms with Crippen molar-refractivity contribution in [2.24, 2.45) is 0 Å². The molecule has 7 nitrogen and oxygen atoms in total. The first-order valence-electron chi connectivity index (χ1n) is 18.8. The smallest absolute Gasteiger partial charge is 0.214 e. The van der Waals surface area contributed by atoms with Crippen LogP contribution in [0.1, 0.15) is 110 Å². The summed E-state index contributed by atoms with van der Waals surface area (Å²) in [6, 6.07) is 26.2. The van der Waals surface area contributed by atoms with Gasteiger partial charge in [-0.3, -0.25) is 0 Å². The van der Waals surface area contributed by atoms with Crippen molar-refractivity contribution in [3.8, 4) is 16.8 Å². The van der Waals surface area contributed by atoms with Gasteiger partial charge in [-0.2, -0.15) is 4.68 Å². The predicted molar refractivity (Wildman–Crippen MR) is 217 cm³/mol. The number of thiocarbonyl (C=S) groups is 1. The van der Waals surface area contributed by atoms with E-state index in [0.717, 1.165) is 65.8 Å². The lowest BCUT2D eigenvalue weighted by Crippen LogP contribution is -2.32. The normalized spacial score (nSPS) is 13.8. The molecule has 0 radical (unpaired) electrons. The third-order valence-electron chi connectivity index (χ3n) is 9.07. The molecule has 10 heteroatoms. The van der Waals surface area contributed by atoms with Crippen LogP contribution in [-0.2, 0) is 4.74 Å². The fraction of sp³-hybridized carbons (Fsp3) is 0.512. The Hall–Kier alpha value is -2.76. The van der Waals surface area contributed by atoms with E-state index in [2.05, 4.69) is 47.6 Å². The zero-order chi connectivity index (χ0) is 36.3. The second kappa shape index (κ2) is 23.0. The highest BCUT2D eigenvalue weighted by Gasteiger charge is 2.29. The van der Waals surface area contributed by atoms with Gasteiger partial charge in [-0.15, -0.1) is 16.9 Å². The highest BCUT2D eigenvalue weighted by atomic mass is 32.2. The minimum absolute atomic E-state index is 0.140. The summed E-state index contributed by atoms with van der Waals surface area (Å²) < 4.78 is 7.75. The molecular formula is C41H56N4O3S3. The largest absolute Gasteiger partial charge is 0.483 e. The molecule has 4 aromatic rings. The number of thioether (sulfide) groups is 2. The number of nitrogens with zero attached hydrogens (tertiary/aromatic N) is 4. The number of aliphatic hydroxyl groups is 2. The summed E-state index contributed by atoms with van der Waals surface area (Å²) in [5.74, 6) is 0. The summed E-state index contributed by atoms with van der Waals surface area (Å²) in [4.78, 5) is 1.03. The molecule has 4 unspecified atom stereocenters. The molecule has 1 aromatic heterocycles. The van der Waals surface area contributed by atoms with Crippen molar-refractivity contribution in [2.45, 2.75) is 137 Å². The van der Waals surface area contributed by atoms with Crippen LogP contribution in [0.4, 0.5) is 0 Å². The van der Waals surface area contributed by atoms with Crippen LogP contribution in [0.15, 0.2) is 88.9 Å². The van der Waals surface area contributed by atoms with Gasteiger partial charge in [0, 0.05) is 21.0 Å². The van der Waals surface area contributed by atoms with Crippen LogP contribution in [0.2, 0.25) is 0 Å². The maximum Gasteiger partial charge on any atom is 0.214 e. The number of ether oxygens (including phenoxy) is 1. The lowest BCUT2D eigenvalue weighted by Gasteiger charge is -2.28. The number of tetrazole rings is 1. The number of rotatable bonds is 24. The van der Waals surface area contributed by atoms with Gasteiger partial charge in [0.05, 0.1) is 24.5 Å². The molecule has 0 saturated heterocycles. The van der Waals surface area contributed by atoms with E-state index >= 15 is 0 Å². The van der Waals surface area contributed by atoms with Crippen molar-refractivity contribution in [1.82, 2.24) is 20.2 Å². The molecule has 51 heavy (non-hydrogen) atoms. The van der Waals surface area contributed by atoms with Gasteiger partial charge in [0.15, 0.2) is 5.05 Å². The van der Waals surface area contributed by atoms with Crippen LogP contribution >= 0.6 is 35.7 Å². The van der Waals surface area contributed by atoms with Gasteiger partial charge in [-0.25, -0.2) is 0 Å². The van der Waals surface area contributed by atoms with E-state index < -0.39 is 12.2 Å². The average molecular weight is 749 g/mol. The molecule has 4 atom stereocenters. The van der Waals surface area contributed by atoms with Crippen molar-refractivity contribution < 1.29 is 14.9 Å². The Balaban J connectivity index is 1.51. The Bertz CT molecular complexity index is 1570. The van der Waals surface area contributed by atoms with Gasteiger partial charge in [-0.1, -0.05) is 144 Å². The topological polar surface area (TPSA) is 93.3 Å². The van der Waals surface area contributed by atoms with E-state index in [0.29, 0.717) is 23.2 Å². The molecule has 276 valence electrons. The SMILES string of the molecule is CCCCCCCCCCC(Sc1nnnn1-c1ccccc1)C(O)CC(Sc1ccccc1-c1ccccc1C(=S)OCCCCC)C(C)O. The first-order valence-corrected chi connectivity index (χ1v) is 21.0. The number of hydrogen-bond donors (Lipinski definition) is 2. The molecule has 0 fully saturated rings. The average Bonchev–Trinajstić information content (AvgIpc) is 3.62.